The van der Waals surface area contributed by atoms with Crippen LogP contribution in [0.3, 0.4) is 0 Å². The zero-order valence-electron chi connectivity index (χ0n) is 8.59. The Balaban J connectivity index is 2.28. The molecule has 0 fully saturated rings. The highest BCUT2D eigenvalue weighted by molar-refractivity contribution is 6.30. The van der Waals surface area contributed by atoms with Gasteiger partial charge in [-0.05, 0) is 17.7 Å². The monoisotopic (exact) mass is 270 g/mol. The van der Waals surface area contributed by atoms with Gasteiger partial charge in [-0.3, -0.25) is 0 Å². The van der Waals surface area contributed by atoms with E-state index in [-0.39, 0.29) is 10.5 Å². The Morgan fingerprint density at radius 1 is 1.35 bits per heavy atom. The molecule has 0 aromatic carbocycles. The van der Waals surface area contributed by atoms with E-state index in [1.807, 2.05) is 6.07 Å². The molecule has 17 heavy (non-hydrogen) atoms. The molecular weight excluding hydrogens is 263 g/mol. The lowest BCUT2D eigenvalue weighted by molar-refractivity contribution is 0.298. The van der Waals surface area contributed by atoms with E-state index in [0.29, 0.717) is 11.7 Å². The standard InChI is InChI=1S/C10H8Cl2N4O/c11-8-5-16(6-14-10(8)15-17)4-7-1-2-13-9(12)3-7/h1-3,5-6,17H,4H2/b15-10-. The fraction of sp³-hybridized carbons (Fsp3) is 0.100. The van der Waals surface area contributed by atoms with Gasteiger partial charge in [0.05, 0.1) is 6.33 Å². The van der Waals surface area contributed by atoms with Crippen LogP contribution in [0.25, 0.3) is 0 Å². The molecule has 0 saturated carbocycles. The average Bonchev–Trinajstić information content (AvgIpc) is 2.29. The lowest BCUT2D eigenvalue weighted by Gasteiger charge is -2.06. The van der Waals surface area contributed by atoms with Gasteiger partial charge in [0.1, 0.15) is 10.2 Å². The third-order valence-electron chi connectivity index (χ3n) is 2.07. The van der Waals surface area contributed by atoms with E-state index in [4.69, 9.17) is 28.4 Å². The molecule has 2 heterocycles. The van der Waals surface area contributed by atoms with Gasteiger partial charge in [0.2, 0.25) is 5.49 Å². The Morgan fingerprint density at radius 2 is 2.18 bits per heavy atom. The molecule has 1 N–H and O–H groups in total. The summed E-state index contributed by atoms with van der Waals surface area (Å²) in [4.78, 5) is 7.77. The first kappa shape index (κ1) is 11.9. The fourth-order valence-corrected chi connectivity index (χ4v) is 1.75. The molecule has 5 nitrogen and oxygen atoms in total. The van der Waals surface area contributed by atoms with Crippen LogP contribution in [-0.2, 0) is 6.54 Å². The number of hydrogen-bond donors (Lipinski definition) is 1. The van der Waals surface area contributed by atoms with Crippen molar-refractivity contribution >= 4 is 23.2 Å². The minimum atomic E-state index is 0.0932. The van der Waals surface area contributed by atoms with E-state index < -0.39 is 0 Å². The smallest absolute Gasteiger partial charge is 0.212 e. The van der Waals surface area contributed by atoms with Crippen LogP contribution < -0.4 is 5.49 Å². The predicted octanol–water partition coefficient (Wildman–Crippen LogP) is 1.92. The van der Waals surface area contributed by atoms with E-state index in [9.17, 15) is 0 Å². The Kier molecular flexibility index (Phi) is 3.61. The van der Waals surface area contributed by atoms with Gasteiger partial charge < -0.3 is 9.77 Å². The van der Waals surface area contributed by atoms with E-state index in [0.717, 1.165) is 5.56 Å². The Morgan fingerprint density at radius 3 is 2.82 bits per heavy atom. The van der Waals surface area contributed by atoms with Crippen molar-refractivity contribution in [1.82, 2.24) is 14.5 Å². The van der Waals surface area contributed by atoms with Gasteiger partial charge >= 0.3 is 0 Å². The summed E-state index contributed by atoms with van der Waals surface area (Å²) in [5.41, 5.74) is 1.07. The molecule has 0 amide bonds. The topological polar surface area (TPSA) is 63.3 Å². The maximum absolute atomic E-state index is 8.58. The second kappa shape index (κ2) is 5.16. The largest absolute Gasteiger partial charge is 0.409 e. The van der Waals surface area contributed by atoms with E-state index in [1.54, 1.807) is 23.0 Å². The van der Waals surface area contributed by atoms with Gasteiger partial charge in [0, 0.05) is 18.9 Å². The molecule has 0 saturated heterocycles. The summed E-state index contributed by atoms with van der Waals surface area (Å²) in [6, 6.07) is 3.60. The second-order valence-electron chi connectivity index (χ2n) is 3.30. The SMILES string of the molecule is O/N=c1\ncn(Cc2ccnc(Cl)c2)cc1Cl. The van der Waals surface area contributed by atoms with Crippen molar-refractivity contribution in [2.75, 3.05) is 0 Å². The summed E-state index contributed by atoms with van der Waals surface area (Å²) >= 11 is 11.6. The van der Waals surface area contributed by atoms with Crippen LogP contribution in [0.4, 0.5) is 0 Å². The Hall–Kier alpha value is -1.59. The highest BCUT2D eigenvalue weighted by atomic mass is 35.5. The van der Waals surface area contributed by atoms with Crippen LogP contribution in [0.2, 0.25) is 10.2 Å². The number of hydrogen-bond acceptors (Lipinski definition) is 4. The van der Waals surface area contributed by atoms with Crippen molar-refractivity contribution in [3.8, 4) is 0 Å². The first-order valence-electron chi connectivity index (χ1n) is 4.69. The van der Waals surface area contributed by atoms with Crippen LogP contribution in [0.5, 0.6) is 0 Å². The number of aromatic nitrogens is 3. The van der Waals surface area contributed by atoms with Crippen molar-refractivity contribution in [3.63, 3.8) is 0 Å². The zero-order valence-corrected chi connectivity index (χ0v) is 10.1. The predicted molar refractivity (Wildman–Crippen MR) is 62.9 cm³/mol. The average molecular weight is 271 g/mol. The molecular formula is C10H8Cl2N4O. The molecule has 0 unspecified atom stereocenters. The van der Waals surface area contributed by atoms with Crippen molar-refractivity contribution in [1.29, 1.82) is 0 Å². The van der Waals surface area contributed by atoms with Gasteiger partial charge in [0.25, 0.3) is 0 Å². The Bertz CT molecular complexity index is 597. The molecule has 88 valence electrons. The van der Waals surface area contributed by atoms with Gasteiger partial charge in [-0.25, -0.2) is 9.97 Å². The minimum Gasteiger partial charge on any atom is -0.409 e. The highest BCUT2D eigenvalue weighted by Gasteiger charge is 1.99. The number of halogens is 2. The van der Waals surface area contributed by atoms with Crippen LogP contribution in [0, 0.1) is 0 Å². The van der Waals surface area contributed by atoms with Crippen LogP contribution in [0.1, 0.15) is 5.56 Å². The molecule has 7 heteroatoms. The quantitative estimate of drug-likeness (QED) is 0.515. The number of rotatable bonds is 2. The van der Waals surface area contributed by atoms with E-state index in [2.05, 4.69) is 15.1 Å². The summed E-state index contributed by atoms with van der Waals surface area (Å²) in [5, 5.41) is 12.2. The molecule has 0 spiro atoms. The van der Waals surface area contributed by atoms with Crippen molar-refractivity contribution < 1.29 is 5.21 Å². The third-order valence-corrected chi connectivity index (χ3v) is 2.55. The number of pyridine rings is 1. The van der Waals surface area contributed by atoms with Crippen molar-refractivity contribution in [2.45, 2.75) is 6.54 Å². The van der Waals surface area contributed by atoms with E-state index in [1.165, 1.54) is 6.33 Å². The maximum Gasteiger partial charge on any atom is 0.212 e. The van der Waals surface area contributed by atoms with Crippen LogP contribution >= 0.6 is 23.2 Å². The summed E-state index contributed by atoms with van der Waals surface area (Å²) in [5.74, 6) is 0. The second-order valence-corrected chi connectivity index (χ2v) is 4.10. The molecule has 2 aromatic rings. The van der Waals surface area contributed by atoms with Gasteiger partial charge in [-0.15, -0.1) is 0 Å². The zero-order chi connectivity index (χ0) is 12.3. The molecule has 0 radical (unpaired) electrons. The first-order chi connectivity index (χ1) is 8.19. The van der Waals surface area contributed by atoms with Crippen LogP contribution in [-0.4, -0.2) is 19.7 Å². The first-order valence-corrected chi connectivity index (χ1v) is 5.45. The summed E-state index contributed by atoms with van der Waals surface area (Å²) in [7, 11) is 0. The van der Waals surface area contributed by atoms with Gasteiger partial charge in [-0.2, -0.15) is 0 Å². The highest BCUT2D eigenvalue weighted by Crippen LogP contribution is 2.09. The fourth-order valence-electron chi connectivity index (χ4n) is 1.34. The summed E-state index contributed by atoms with van der Waals surface area (Å²) < 4.78 is 1.75. The van der Waals surface area contributed by atoms with Gasteiger partial charge in [0.15, 0.2) is 0 Å². The molecule has 0 aliphatic rings. The summed E-state index contributed by atoms with van der Waals surface area (Å²) in [6.07, 6.45) is 4.78. The van der Waals surface area contributed by atoms with Crippen LogP contribution in [0.15, 0.2) is 36.0 Å². The molecule has 2 rings (SSSR count). The molecule has 0 aliphatic carbocycles. The normalized spacial score (nSPS) is 11.8. The van der Waals surface area contributed by atoms with E-state index >= 15 is 0 Å². The molecule has 0 bridgehead atoms. The third kappa shape index (κ3) is 2.95. The number of nitrogens with zero attached hydrogens (tertiary/aromatic N) is 4. The van der Waals surface area contributed by atoms with Crippen molar-refractivity contribution in [2.24, 2.45) is 5.16 Å². The van der Waals surface area contributed by atoms with Gasteiger partial charge in [-0.1, -0.05) is 28.4 Å². The molecule has 0 atom stereocenters. The molecule has 2 aromatic heterocycles. The Labute approximate surface area is 107 Å². The lowest BCUT2D eigenvalue weighted by atomic mass is 10.3. The summed E-state index contributed by atoms with van der Waals surface area (Å²) in [6.45, 7) is 0.556. The molecule has 0 aliphatic heterocycles. The maximum atomic E-state index is 8.58. The minimum absolute atomic E-state index is 0.0932. The lowest BCUT2D eigenvalue weighted by Crippen LogP contribution is -2.13. The van der Waals surface area contributed by atoms with Crippen molar-refractivity contribution in [3.05, 3.63) is 52.1 Å².